The van der Waals surface area contributed by atoms with Crippen molar-refractivity contribution in [2.24, 2.45) is 14.1 Å². The number of hydrogen-bond acceptors (Lipinski definition) is 4. The molecule has 1 amide bonds. The van der Waals surface area contributed by atoms with E-state index in [4.69, 9.17) is 0 Å². The standard InChI is InChI=1S/C19H20FN3O4S/c1-11(2)28(26,27)17-10-16-15(22(3)19(25)23(16)4)9-14(17)21-18(24)12-5-7-13(20)8-6-12/h5-11H,1-4H3,(H,21,24). The number of anilines is 1. The molecule has 0 fully saturated rings. The first kappa shape index (κ1) is 19.8. The zero-order chi connectivity index (χ0) is 20.8. The molecule has 2 aromatic carbocycles. The zero-order valence-electron chi connectivity index (χ0n) is 15.9. The van der Waals surface area contributed by atoms with Gasteiger partial charge in [-0.1, -0.05) is 0 Å². The Bertz CT molecular complexity index is 1240. The number of benzene rings is 2. The molecule has 0 saturated heterocycles. The number of aryl methyl sites for hydroxylation is 2. The van der Waals surface area contributed by atoms with Gasteiger partial charge in [-0.3, -0.25) is 13.9 Å². The van der Waals surface area contributed by atoms with Crippen molar-refractivity contribution in [2.75, 3.05) is 5.32 Å². The van der Waals surface area contributed by atoms with Gasteiger partial charge in [0.15, 0.2) is 9.84 Å². The van der Waals surface area contributed by atoms with E-state index in [0.29, 0.717) is 11.0 Å². The van der Waals surface area contributed by atoms with Gasteiger partial charge in [-0.05, 0) is 50.2 Å². The number of halogens is 1. The first-order valence-corrected chi connectivity index (χ1v) is 10.1. The lowest BCUT2D eigenvalue weighted by Gasteiger charge is -2.15. The molecule has 0 aliphatic carbocycles. The van der Waals surface area contributed by atoms with E-state index in [1.807, 2.05) is 0 Å². The van der Waals surface area contributed by atoms with Crippen molar-refractivity contribution < 1.29 is 17.6 Å². The summed E-state index contributed by atoms with van der Waals surface area (Å²) in [5.74, 6) is -1.07. The number of imidazole rings is 1. The molecule has 0 bridgehead atoms. The lowest BCUT2D eigenvalue weighted by atomic mass is 10.2. The Balaban J connectivity index is 2.21. The van der Waals surface area contributed by atoms with E-state index < -0.39 is 26.8 Å². The van der Waals surface area contributed by atoms with Crippen LogP contribution in [0.4, 0.5) is 10.1 Å². The maximum atomic E-state index is 13.1. The van der Waals surface area contributed by atoms with Crippen molar-refractivity contribution in [1.82, 2.24) is 9.13 Å². The van der Waals surface area contributed by atoms with Gasteiger partial charge in [0.2, 0.25) is 0 Å². The number of rotatable bonds is 4. The van der Waals surface area contributed by atoms with Crippen LogP contribution in [-0.2, 0) is 23.9 Å². The lowest BCUT2D eigenvalue weighted by molar-refractivity contribution is 0.102. The lowest BCUT2D eigenvalue weighted by Crippen LogP contribution is -2.19. The maximum absolute atomic E-state index is 13.1. The Morgan fingerprint density at radius 3 is 2.11 bits per heavy atom. The smallest absolute Gasteiger partial charge is 0.321 e. The Kier molecular flexibility index (Phi) is 4.88. The Morgan fingerprint density at radius 2 is 1.57 bits per heavy atom. The molecular weight excluding hydrogens is 385 g/mol. The van der Waals surface area contributed by atoms with Crippen molar-refractivity contribution in [3.63, 3.8) is 0 Å². The summed E-state index contributed by atoms with van der Waals surface area (Å²) in [7, 11) is -0.642. The number of nitrogens with one attached hydrogen (secondary N) is 1. The maximum Gasteiger partial charge on any atom is 0.328 e. The summed E-state index contributed by atoms with van der Waals surface area (Å²) in [6.07, 6.45) is 0. The molecule has 0 spiro atoms. The van der Waals surface area contributed by atoms with E-state index >= 15 is 0 Å². The SMILES string of the molecule is CC(C)S(=O)(=O)c1cc2c(cc1NC(=O)c1ccc(F)cc1)n(C)c(=O)n2C. The number of hydrogen-bond donors (Lipinski definition) is 1. The fourth-order valence-corrected chi connectivity index (χ4v) is 4.11. The number of sulfone groups is 1. The first-order valence-electron chi connectivity index (χ1n) is 8.54. The highest BCUT2D eigenvalue weighted by atomic mass is 32.2. The van der Waals surface area contributed by atoms with E-state index in [-0.39, 0.29) is 21.8 Å². The van der Waals surface area contributed by atoms with E-state index in [0.717, 1.165) is 12.1 Å². The van der Waals surface area contributed by atoms with Crippen LogP contribution in [0.25, 0.3) is 11.0 Å². The average Bonchev–Trinajstić information content (AvgIpc) is 2.85. The van der Waals surface area contributed by atoms with Gasteiger partial charge in [0.25, 0.3) is 5.91 Å². The molecule has 0 atom stereocenters. The van der Waals surface area contributed by atoms with Gasteiger partial charge >= 0.3 is 5.69 Å². The molecule has 0 aliphatic heterocycles. The highest BCUT2D eigenvalue weighted by molar-refractivity contribution is 7.92. The third-order valence-electron chi connectivity index (χ3n) is 4.66. The van der Waals surface area contributed by atoms with E-state index in [2.05, 4.69) is 5.32 Å². The second-order valence-corrected chi connectivity index (χ2v) is 9.27. The molecule has 28 heavy (non-hydrogen) atoms. The van der Waals surface area contributed by atoms with Crippen LogP contribution in [0.15, 0.2) is 46.1 Å². The summed E-state index contributed by atoms with van der Waals surface area (Å²) in [4.78, 5) is 24.7. The third kappa shape index (κ3) is 3.22. The second-order valence-electron chi connectivity index (χ2n) is 6.79. The van der Waals surface area contributed by atoms with Crippen LogP contribution < -0.4 is 11.0 Å². The third-order valence-corrected chi connectivity index (χ3v) is 6.85. The van der Waals surface area contributed by atoms with Crippen LogP contribution in [0, 0.1) is 5.82 Å². The fourth-order valence-electron chi connectivity index (χ4n) is 2.91. The molecule has 0 radical (unpaired) electrons. The summed E-state index contributed by atoms with van der Waals surface area (Å²) >= 11 is 0. The first-order chi connectivity index (χ1) is 13.0. The number of amides is 1. The predicted molar refractivity (Wildman–Crippen MR) is 105 cm³/mol. The van der Waals surface area contributed by atoms with Gasteiger partial charge in [0.05, 0.1) is 26.9 Å². The van der Waals surface area contributed by atoms with Crippen LogP contribution in [-0.4, -0.2) is 28.7 Å². The minimum absolute atomic E-state index is 0.0664. The van der Waals surface area contributed by atoms with Crippen molar-refractivity contribution >= 4 is 32.5 Å². The van der Waals surface area contributed by atoms with Gasteiger partial charge in [0, 0.05) is 19.7 Å². The predicted octanol–water partition coefficient (Wildman–Crippen LogP) is 2.45. The van der Waals surface area contributed by atoms with Gasteiger partial charge in [-0.15, -0.1) is 0 Å². The summed E-state index contributed by atoms with van der Waals surface area (Å²) in [5.41, 5.74) is 0.842. The molecule has 0 aliphatic rings. The quantitative estimate of drug-likeness (QED) is 0.722. The number of aromatic nitrogens is 2. The Morgan fingerprint density at radius 1 is 1.04 bits per heavy atom. The molecule has 148 valence electrons. The molecular formula is C19H20FN3O4S. The number of carbonyl (C=O) groups excluding carboxylic acids is 1. The average molecular weight is 405 g/mol. The van der Waals surface area contributed by atoms with E-state index in [9.17, 15) is 22.4 Å². The van der Waals surface area contributed by atoms with Crippen molar-refractivity contribution in [2.45, 2.75) is 24.0 Å². The second kappa shape index (κ2) is 6.90. The number of carbonyl (C=O) groups is 1. The summed E-state index contributed by atoms with van der Waals surface area (Å²) in [6.45, 7) is 3.07. The Hall–Kier alpha value is -2.94. The van der Waals surface area contributed by atoms with Gasteiger partial charge in [0.1, 0.15) is 5.82 Å². The zero-order valence-corrected chi connectivity index (χ0v) is 16.7. The van der Waals surface area contributed by atoms with Gasteiger partial charge in [-0.25, -0.2) is 17.6 Å². The van der Waals surface area contributed by atoms with E-state index in [1.54, 1.807) is 14.1 Å². The van der Waals surface area contributed by atoms with Crippen molar-refractivity contribution in [3.8, 4) is 0 Å². The minimum Gasteiger partial charge on any atom is -0.321 e. The highest BCUT2D eigenvalue weighted by Crippen LogP contribution is 2.30. The molecule has 1 heterocycles. The van der Waals surface area contributed by atoms with Crippen LogP contribution in [0.5, 0.6) is 0 Å². The molecule has 9 heteroatoms. The summed E-state index contributed by atoms with van der Waals surface area (Å²) < 4.78 is 41.6. The molecule has 1 N–H and O–H groups in total. The van der Waals surface area contributed by atoms with Gasteiger partial charge < -0.3 is 5.32 Å². The van der Waals surface area contributed by atoms with Crippen molar-refractivity contribution in [3.05, 3.63) is 58.3 Å². The Labute approximate surface area is 161 Å². The van der Waals surface area contributed by atoms with Crippen LogP contribution in [0.1, 0.15) is 24.2 Å². The summed E-state index contributed by atoms with van der Waals surface area (Å²) in [5, 5.41) is 1.86. The topological polar surface area (TPSA) is 90.2 Å². The summed E-state index contributed by atoms with van der Waals surface area (Å²) in [6, 6.07) is 7.76. The van der Waals surface area contributed by atoms with Gasteiger partial charge in [-0.2, -0.15) is 0 Å². The molecule has 3 aromatic rings. The molecule has 1 aromatic heterocycles. The molecule has 3 rings (SSSR count). The van der Waals surface area contributed by atoms with Crippen molar-refractivity contribution in [1.29, 1.82) is 0 Å². The van der Waals surface area contributed by atoms with E-state index in [1.165, 1.54) is 47.2 Å². The fraction of sp³-hybridized carbons (Fsp3) is 0.263. The molecule has 0 saturated carbocycles. The highest BCUT2D eigenvalue weighted by Gasteiger charge is 2.26. The van der Waals surface area contributed by atoms with Crippen LogP contribution in [0.3, 0.4) is 0 Å². The number of nitrogens with zero attached hydrogens (tertiary/aromatic N) is 2. The normalized spacial score (nSPS) is 11.9. The largest absolute Gasteiger partial charge is 0.328 e. The molecule has 0 unspecified atom stereocenters. The van der Waals surface area contributed by atoms with Crippen LogP contribution >= 0.6 is 0 Å². The monoisotopic (exact) mass is 405 g/mol. The van der Waals surface area contributed by atoms with Crippen LogP contribution in [0.2, 0.25) is 0 Å². The molecule has 7 nitrogen and oxygen atoms in total. The minimum atomic E-state index is -3.75. The number of fused-ring (bicyclic) bond motifs is 1.